The molecule has 2 aromatic carbocycles. The SMILES string of the molecule is CC(C)c1ccc(NC(=O)CSc2nnc(-c3ccccc3Cl)n2C)cc1. The standard InChI is InChI=1S/C20H21ClN4OS/c1-13(2)14-8-10-15(11-9-14)22-18(26)12-27-20-24-23-19(25(20)3)16-6-4-5-7-17(16)21/h4-11,13H,12H2,1-3H3,(H,22,26). The van der Waals surface area contributed by atoms with Gasteiger partial charge in [0.25, 0.3) is 0 Å². The molecule has 0 saturated carbocycles. The number of benzene rings is 2. The summed E-state index contributed by atoms with van der Waals surface area (Å²) in [6, 6.07) is 15.4. The van der Waals surface area contributed by atoms with Gasteiger partial charge in [-0.2, -0.15) is 0 Å². The van der Waals surface area contributed by atoms with E-state index in [9.17, 15) is 4.79 Å². The molecule has 140 valence electrons. The highest BCUT2D eigenvalue weighted by molar-refractivity contribution is 7.99. The van der Waals surface area contributed by atoms with Crippen LogP contribution in [0.3, 0.4) is 0 Å². The van der Waals surface area contributed by atoms with E-state index in [1.807, 2.05) is 60.1 Å². The van der Waals surface area contributed by atoms with E-state index in [0.29, 0.717) is 21.9 Å². The maximum absolute atomic E-state index is 12.2. The second kappa shape index (κ2) is 8.59. The summed E-state index contributed by atoms with van der Waals surface area (Å²) in [6.07, 6.45) is 0. The zero-order valence-corrected chi connectivity index (χ0v) is 17.0. The van der Waals surface area contributed by atoms with Crippen LogP contribution in [0.15, 0.2) is 53.7 Å². The second-order valence-corrected chi connectivity index (χ2v) is 7.81. The number of hydrogen-bond acceptors (Lipinski definition) is 4. The van der Waals surface area contributed by atoms with Gasteiger partial charge in [-0.15, -0.1) is 10.2 Å². The molecular formula is C20H21ClN4OS. The molecule has 0 aliphatic carbocycles. The first-order chi connectivity index (χ1) is 13.0. The maximum atomic E-state index is 12.2. The van der Waals surface area contributed by atoms with Gasteiger partial charge in [-0.05, 0) is 35.7 Å². The molecule has 0 atom stereocenters. The molecule has 7 heteroatoms. The van der Waals surface area contributed by atoms with Crippen molar-refractivity contribution >= 4 is 35.0 Å². The average molecular weight is 401 g/mol. The lowest BCUT2D eigenvalue weighted by atomic mass is 10.0. The van der Waals surface area contributed by atoms with Crippen LogP contribution < -0.4 is 5.32 Å². The molecule has 0 radical (unpaired) electrons. The van der Waals surface area contributed by atoms with Crippen LogP contribution >= 0.6 is 23.4 Å². The van der Waals surface area contributed by atoms with E-state index in [-0.39, 0.29) is 11.7 Å². The van der Waals surface area contributed by atoms with Crippen LogP contribution in [0.25, 0.3) is 11.4 Å². The smallest absolute Gasteiger partial charge is 0.234 e. The van der Waals surface area contributed by atoms with Crippen molar-refractivity contribution in [2.45, 2.75) is 24.9 Å². The van der Waals surface area contributed by atoms with E-state index in [1.54, 1.807) is 0 Å². The normalized spacial score (nSPS) is 11.0. The van der Waals surface area contributed by atoms with Crippen molar-refractivity contribution in [3.63, 3.8) is 0 Å². The Morgan fingerprint density at radius 2 is 1.85 bits per heavy atom. The van der Waals surface area contributed by atoms with Crippen LogP contribution in [0.4, 0.5) is 5.69 Å². The summed E-state index contributed by atoms with van der Waals surface area (Å²) in [7, 11) is 1.86. The fraction of sp³-hybridized carbons (Fsp3) is 0.250. The van der Waals surface area contributed by atoms with Gasteiger partial charge < -0.3 is 9.88 Å². The molecule has 1 N–H and O–H groups in total. The molecule has 0 unspecified atom stereocenters. The summed E-state index contributed by atoms with van der Waals surface area (Å²) in [6.45, 7) is 4.28. The number of carbonyl (C=O) groups excluding carboxylic acids is 1. The van der Waals surface area contributed by atoms with Crippen LogP contribution in [-0.2, 0) is 11.8 Å². The van der Waals surface area contributed by atoms with Gasteiger partial charge in [-0.3, -0.25) is 4.79 Å². The van der Waals surface area contributed by atoms with Crippen LogP contribution in [0.5, 0.6) is 0 Å². The highest BCUT2D eigenvalue weighted by Crippen LogP contribution is 2.28. The van der Waals surface area contributed by atoms with Crippen molar-refractivity contribution in [1.29, 1.82) is 0 Å². The summed E-state index contributed by atoms with van der Waals surface area (Å²) < 4.78 is 1.84. The quantitative estimate of drug-likeness (QED) is 0.592. The van der Waals surface area contributed by atoms with Crippen molar-refractivity contribution in [3.05, 3.63) is 59.1 Å². The third kappa shape index (κ3) is 4.70. The summed E-state index contributed by atoms with van der Waals surface area (Å²) in [5.74, 6) is 1.31. The monoisotopic (exact) mass is 400 g/mol. The third-order valence-corrected chi connectivity index (χ3v) is 5.49. The third-order valence-electron chi connectivity index (χ3n) is 4.14. The van der Waals surface area contributed by atoms with Crippen molar-refractivity contribution < 1.29 is 4.79 Å². The topological polar surface area (TPSA) is 59.8 Å². The predicted molar refractivity (Wildman–Crippen MR) is 111 cm³/mol. The molecule has 3 aromatic rings. The van der Waals surface area contributed by atoms with Crippen molar-refractivity contribution in [3.8, 4) is 11.4 Å². The minimum atomic E-state index is -0.0837. The van der Waals surface area contributed by atoms with Gasteiger partial charge in [0.2, 0.25) is 5.91 Å². The molecule has 0 saturated heterocycles. The van der Waals surface area contributed by atoms with Crippen LogP contribution in [0.1, 0.15) is 25.3 Å². The Hall–Kier alpha value is -2.31. The minimum Gasteiger partial charge on any atom is -0.325 e. The lowest BCUT2D eigenvalue weighted by Gasteiger charge is -2.08. The summed E-state index contributed by atoms with van der Waals surface area (Å²) in [5, 5.41) is 12.6. The molecule has 3 rings (SSSR count). The van der Waals surface area contributed by atoms with Crippen molar-refractivity contribution in [2.24, 2.45) is 7.05 Å². The van der Waals surface area contributed by atoms with E-state index in [2.05, 4.69) is 29.4 Å². The van der Waals surface area contributed by atoms with E-state index >= 15 is 0 Å². The second-order valence-electron chi connectivity index (χ2n) is 6.46. The number of rotatable bonds is 6. The Morgan fingerprint density at radius 1 is 1.15 bits per heavy atom. The number of carbonyl (C=O) groups is 1. The largest absolute Gasteiger partial charge is 0.325 e. The Labute approximate surface area is 168 Å². The zero-order valence-electron chi connectivity index (χ0n) is 15.4. The number of thioether (sulfide) groups is 1. The van der Waals surface area contributed by atoms with E-state index < -0.39 is 0 Å². The van der Waals surface area contributed by atoms with Gasteiger partial charge in [0.05, 0.1) is 10.8 Å². The molecule has 0 spiro atoms. The Kier molecular flexibility index (Phi) is 6.19. The fourth-order valence-electron chi connectivity index (χ4n) is 2.60. The molecule has 0 aliphatic rings. The molecule has 0 aliphatic heterocycles. The predicted octanol–water partition coefficient (Wildman–Crippen LogP) is 4.99. The molecule has 27 heavy (non-hydrogen) atoms. The van der Waals surface area contributed by atoms with Gasteiger partial charge in [0, 0.05) is 18.3 Å². The first-order valence-electron chi connectivity index (χ1n) is 8.62. The Morgan fingerprint density at radius 3 is 2.52 bits per heavy atom. The number of halogens is 1. The van der Waals surface area contributed by atoms with E-state index in [1.165, 1.54) is 17.3 Å². The summed E-state index contributed by atoms with van der Waals surface area (Å²) >= 11 is 7.57. The average Bonchev–Trinajstić information content (AvgIpc) is 3.01. The maximum Gasteiger partial charge on any atom is 0.234 e. The number of nitrogens with zero attached hydrogens (tertiary/aromatic N) is 3. The molecular weight excluding hydrogens is 380 g/mol. The molecule has 1 amide bonds. The number of anilines is 1. The van der Waals surface area contributed by atoms with Crippen LogP contribution in [-0.4, -0.2) is 26.4 Å². The first kappa shape index (κ1) is 19.5. The minimum absolute atomic E-state index is 0.0837. The van der Waals surface area contributed by atoms with Crippen LogP contribution in [0.2, 0.25) is 5.02 Å². The van der Waals surface area contributed by atoms with Gasteiger partial charge in [0.1, 0.15) is 0 Å². The van der Waals surface area contributed by atoms with Crippen molar-refractivity contribution in [1.82, 2.24) is 14.8 Å². The number of hydrogen-bond donors (Lipinski definition) is 1. The van der Waals surface area contributed by atoms with Gasteiger partial charge in [0.15, 0.2) is 11.0 Å². The highest BCUT2D eigenvalue weighted by Gasteiger charge is 2.15. The molecule has 1 heterocycles. The number of nitrogens with one attached hydrogen (secondary N) is 1. The number of amides is 1. The van der Waals surface area contributed by atoms with Crippen LogP contribution in [0, 0.1) is 0 Å². The van der Waals surface area contributed by atoms with Gasteiger partial charge in [-0.1, -0.05) is 61.5 Å². The molecule has 5 nitrogen and oxygen atoms in total. The summed E-state index contributed by atoms with van der Waals surface area (Å²) in [5.41, 5.74) is 2.85. The van der Waals surface area contributed by atoms with E-state index in [4.69, 9.17) is 11.6 Å². The van der Waals surface area contributed by atoms with Gasteiger partial charge in [-0.25, -0.2) is 0 Å². The summed E-state index contributed by atoms with van der Waals surface area (Å²) in [4.78, 5) is 12.2. The fourth-order valence-corrected chi connectivity index (χ4v) is 3.53. The molecule has 0 bridgehead atoms. The lowest BCUT2D eigenvalue weighted by molar-refractivity contribution is -0.113. The Balaban J connectivity index is 1.62. The van der Waals surface area contributed by atoms with Crippen molar-refractivity contribution in [2.75, 3.05) is 11.1 Å². The molecule has 0 fully saturated rings. The van der Waals surface area contributed by atoms with Gasteiger partial charge >= 0.3 is 0 Å². The molecule has 1 aromatic heterocycles. The van der Waals surface area contributed by atoms with E-state index in [0.717, 1.165) is 11.3 Å². The highest BCUT2D eigenvalue weighted by atomic mass is 35.5. The Bertz CT molecular complexity index is 937. The zero-order chi connectivity index (χ0) is 19.4. The lowest BCUT2D eigenvalue weighted by Crippen LogP contribution is -2.14. The first-order valence-corrected chi connectivity index (χ1v) is 9.99. The number of aromatic nitrogens is 3.